The molecule has 5 aliphatic rings. The van der Waals surface area contributed by atoms with Crippen LogP contribution in [0, 0.1) is 57.2 Å². The Morgan fingerprint density at radius 1 is 0.935 bits per heavy atom. The van der Waals surface area contributed by atoms with Crippen molar-refractivity contribution in [2.24, 2.45) is 57.2 Å². The van der Waals surface area contributed by atoms with Crippen LogP contribution in [0.2, 0.25) is 0 Å². The largest absolute Gasteiger partial charge is 0.393 e. The van der Waals surface area contributed by atoms with Crippen LogP contribution >= 0.6 is 0 Å². The van der Waals surface area contributed by atoms with E-state index in [1.165, 1.54) is 69.8 Å². The Morgan fingerprint density at radius 2 is 1.68 bits per heavy atom. The number of rotatable bonds is 5. The lowest BCUT2D eigenvalue weighted by atomic mass is 9.43. The van der Waals surface area contributed by atoms with E-state index in [1.54, 1.807) is 0 Å². The molecule has 1 nitrogen and oxygen atoms in total. The summed E-state index contributed by atoms with van der Waals surface area (Å²) in [5, 5.41) is 10.6. The summed E-state index contributed by atoms with van der Waals surface area (Å²) in [7, 11) is 0. The fourth-order valence-electron chi connectivity index (χ4n) is 10.9. The Hall–Kier alpha value is -0.300. The van der Waals surface area contributed by atoms with Gasteiger partial charge < -0.3 is 5.11 Å². The van der Waals surface area contributed by atoms with Crippen molar-refractivity contribution in [1.29, 1.82) is 0 Å². The van der Waals surface area contributed by atoms with E-state index < -0.39 is 0 Å². The molecule has 0 bridgehead atoms. The number of aliphatic hydroxyl groups excluding tert-OH is 1. The molecule has 5 saturated carbocycles. The van der Waals surface area contributed by atoms with Gasteiger partial charge in [0.1, 0.15) is 0 Å². The van der Waals surface area contributed by atoms with E-state index in [9.17, 15) is 5.11 Å². The topological polar surface area (TPSA) is 20.2 Å². The molecule has 5 aliphatic carbocycles. The van der Waals surface area contributed by atoms with Crippen molar-refractivity contribution in [3.05, 3.63) is 12.2 Å². The van der Waals surface area contributed by atoms with Crippen LogP contribution in [0.15, 0.2) is 12.2 Å². The molecule has 0 aromatic carbocycles. The van der Waals surface area contributed by atoms with Crippen molar-refractivity contribution in [2.75, 3.05) is 0 Å². The first-order chi connectivity index (χ1) is 14.5. The molecule has 0 aromatic heterocycles. The van der Waals surface area contributed by atoms with Crippen molar-refractivity contribution in [2.45, 2.75) is 118 Å². The SMILES string of the molecule is C=C(CCC(C)C)[C@@H](C)[C@H]1CC[C@@]2(C)[C@@H]3CC[C@H]4[C@H](C)[C@@H](O)CC[C@@]45C[C@@]35CC[C@]12C. The molecule has 0 amide bonds. The second-order valence-corrected chi connectivity index (χ2v) is 14.1. The zero-order chi connectivity index (χ0) is 22.4. The molecule has 0 aliphatic heterocycles. The Bertz CT molecular complexity index is 739. The van der Waals surface area contributed by atoms with Gasteiger partial charge in [-0.25, -0.2) is 0 Å². The summed E-state index contributed by atoms with van der Waals surface area (Å²) in [5.41, 5.74) is 3.76. The summed E-state index contributed by atoms with van der Waals surface area (Å²) in [6.07, 6.45) is 15.0. The highest BCUT2D eigenvalue weighted by atomic mass is 16.3. The highest BCUT2D eigenvalue weighted by Gasteiger charge is 2.81. The molecule has 0 radical (unpaired) electrons. The second kappa shape index (κ2) is 7.10. The third kappa shape index (κ3) is 2.77. The van der Waals surface area contributed by atoms with Gasteiger partial charge >= 0.3 is 0 Å². The maximum absolute atomic E-state index is 10.6. The summed E-state index contributed by atoms with van der Waals surface area (Å²) in [6, 6.07) is 0. The first-order valence-corrected chi connectivity index (χ1v) is 13.9. The van der Waals surface area contributed by atoms with Crippen molar-refractivity contribution in [1.82, 2.24) is 0 Å². The Balaban J connectivity index is 1.40. The van der Waals surface area contributed by atoms with Crippen molar-refractivity contribution < 1.29 is 5.11 Å². The Kier molecular flexibility index (Phi) is 5.15. The summed E-state index contributed by atoms with van der Waals surface area (Å²) in [4.78, 5) is 0. The Morgan fingerprint density at radius 3 is 2.39 bits per heavy atom. The van der Waals surface area contributed by atoms with E-state index in [0.717, 1.165) is 30.1 Å². The van der Waals surface area contributed by atoms with E-state index in [0.29, 0.717) is 33.5 Å². The van der Waals surface area contributed by atoms with Gasteiger partial charge in [0.25, 0.3) is 0 Å². The molecule has 0 saturated heterocycles. The second-order valence-electron chi connectivity index (χ2n) is 14.1. The molecule has 176 valence electrons. The number of allylic oxidation sites excluding steroid dienone is 1. The third-order valence-electron chi connectivity index (χ3n) is 13.0. The van der Waals surface area contributed by atoms with Gasteiger partial charge in [0.2, 0.25) is 0 Å². The molecule has 5 rings (SSSR count). The minimum atomic E-state index is -0.0390. The predicted octanol–water partition coefficient (Wildman–Crippen LogP) is 8.02. The predicted molar refractivity (Wildman–Crippen MR) is 131 cm³/mol. The van der Waals surface area contributed by atoms with Crippen molar-refractivity contribution in [3.8, 4) is 0 Å². The lowest BCUT2D eigenvalue weighted by Crippen LogP contribution is -2.56. The smallest absolute Gasteiger partial charge is 0.0568 e. The van der Waals surface area contributed by atoms with Gasteiger partial charge in [-0.3, -0.25) is 0 Å². The third-order valence-corrected chi connectivity index (χ3v) is 13.0. The van der Waals surface area contributed by atoms with E-state index in [-0.39, 0.29) is 6.10 Å². The molecule has 0 unspecified atom stereocenters. The van der Waals surface area contributed by atoms with Gasteiger partial charge in [-0.1, -0.05) is 53.7 Å². The van der Waals surface area contributed by atoms with Crippen molar-refractivity contribution >= 4 is 0 Å². The fraction of sp³-hybridized carbons (Fsp3) is 0.933. The zero-order valence-corrected chi connectivity index (χ0v) is 21.5. The van der Waals surface area contributed by atoms with E-state index in [4.69, 9.17) is 0 Å². The fourth-order valence-corrected chi connectivity index (χ4v) is 10.9. The lowest BCUT2D eigenvalue weighted by Gasteiger charge is -2.62. The highest BCUT2D eigenvalue weighted by Crippen LogP contribution is 2.88. The minimum absolute atomic E-state index is 0.0390. The van der Waals surface area contributed by atoms with Crippen LogP contribution in [-0.2, 0) is 0 Å². The zero-order valence-electron chi connectivity index (χ0n) is 21.5. The molecule has 1 heteroatoms. The molecule has 5 fully saturated rings. The number of fused-ring (bicyclic) bond motifs is 2. The van der Waals surface area contributed by atoms with Crippen LogP contribution in [0.1, 0.15) is 112 Å². The normalized spacial score (nSPS) is 53.9. The van der Waals surface area contributed by atoms with Gasteiger partial charge in [0.05, 0.1) is 6.10 Å². The first kappa shape index (κ1) is 22.5. The monoisotopic (exact) mass is 426 g/mol. The molecule has 0 heterocycles. The van der Waals surface area contributed by atoms with Crippen LogP contribution in [0.4, 0.5) is 0 Å². The van der Waals surface area contributed by atoms with Crippen LogP contribution in [0.25, 0.3) is 0 Å². The average Bonchev–Trinajstić information content (AvgIpc) is 3.31. The van der Waals surface area contributed by atoms with Gasteiger partial charge in [-0.05, 0) is 128 Å². The standard InChI is InChI=1S/C30H50O/c1-19(2)8-9-20(3)21(4)23-12-14-28(7)26-11-10-24-22(5)25(31)13-15-29(24)18-30(26,29)17-16-27(23,28)6/h19,21-26,31H,3,8-18H2,1-2,4-7H3/t21-,22+,23-,24+,25+,26+,27-,28+,29-,30+/m1/s1. The Labute approximate surface area is 192 Å². The maximum atomic E-state index is 10.6. The summed E-state index contributed by atoms with van der Waals surface area (Å²) < 4.78 is 0. The maximum Gasteiger partial charge on any atom is 0.0568 e. The molecule has 1 N–H and O–H groups in total. The molecular formula is C30H50O. The minimum Gasteiger partial charge on any atom is -0.393 e. The summed E-state index contributed by atoms with van der Waals surface area (Å²) >= 11 is 0. The highest BCUT2D eigenvalue weighted by molar-refractivity contribution is 5.30. The lowest BCUT2D eigenvalue weighted by molar-refractivity contribution is -0.141. The van der Waals surface area contributed by atoms with Gasteiger partial charge in [-0.2, -0.15) is 0 Å². The van der Waals surface area contributed by atoms with E-state index in [1.807, 2.05) is 0 Å². The quantitative estimate of drug-likeness (QED) is 0.441. The van der Waals surface area contributed by atoms with E-state index in [2.05, 4.69) is 48.1 Å². The first-order valence-electron chi connectivity index (χ1n) is 13.9. The van der Waals surface area contributed by atoms with Crippen LogP contribution in [-0.4, -0.2) is 11.2 Å². The van der Waals surface area contributed by atoms with Crippen LogP contribution in [0.3, 0.4) is 0 Å². The molecule has 10 atom stereocenters. The van der Waals surface area contributed by atoms with Gasteiger partial charge in [0, 0.05) is 0 Å². The van der Waals surface area contributed by atoms with Crippen molar-refractivity contribution in [3.63, 3.8) is 0 Å². The summed E-state index contributed by atoms with van der Waals surface area (Å²) in [5.74, 6) is 4.53. The van der Waals surface area contributed by atoms with E-state index >= 15 is 0 Å². The average molecular weight is 427 g/mol. The molecule has 0 aromatic rings. The van der Waals surface area contributed by atoms with Gasteiger partial charge in [0.15, 0.2) is 0 Å². The molecule has 2 spiro atoms. The number of aliphatic hydroxyl groups is 1. The molecule has 31 heavy (non-hydrogen) atoms. The summed E-state index contributed by atoms with van der Waals surface area (Å²) in [6.45, 7) is 19.6. The number of hydrogen-bond donors (Lipinski definition) is 1. The van der Waals surface area contributed by atoms with Crippen LogP contribution < -0.4 is 0 Å². The van der Waals surface area contributed by atoms with Gasteiger partial charge in [-0.15, -0.1) is 0 Å². The number of hydrogen-bond acceptors (Lipinski definition) is 1. The molecular weight excluding hydrogens is 376 g/mol. The van der Waals surface area contributed by atoms with Crippen LogP contribution in [0.5, 0.6) is 0 Å².